The number of aromatic nitrogens is 4. The third-order valence-electron chi connectivity index (χ3n) is 7.78. The van der Waals surface area contributed by atoms with Crippen LogP contribution in [0, 0.1) is 0 Å². The van der Waals surface area contributed by atoms with Crippen LogP contribution in [0.4, 0.5) is 0 Å². The third kappa shape index (κ3) is 5.37. The standard InChI is InChI=1S/C30H32ClN7O3/c1-18-16-36(10-11-37(18)30(40)27-17-38(35-34-27)22-6-7-22)29(39)20-4-8-23-24(31)14-25(33-26(23)13-20)19-5-9-28(41-3)21(12-19)15-32-2/h4-5,8-9,12-14,17-18,22,32H,6-7,10-11,15-16H2,1-3H3/t18-/m1/s1. The molecule has 1 aliphatic carbocycles. The van der Waals surface area contributed by atoms with Gasteiger partial charge in [0.25, 0.3) is 11.8 Å². The first kappa shape index (κ1) is 27.2. The van der Waals surface area contributed by atoms with Crippen LogP contribution in [0.1, 0.15) is 52.2 Å². The second-order valence-electron chi connectivity index (χ2n) is 10.7. The van der Waals surface area contributed by atoms with Gasteiger partial charge in [-0.05, 0) is 63.2 Å². The van der Waals surface area contributed by atoms with Crippen LogP contribution in [0.25, 0.3) is 22.2 Å². The predicted molar refractivity (Wildman–Crippen MR) is 156 cm³/mol. The minimum Gasteiger partial charge on any atom is -0.496 e. The van der Waals surface area contributed by atoms with E-state index in [-0.39, 0.29) is 17.9 Å². The summed E-state index contributed by atoms with van der Waals surface area (Å²) < 4.78 is 7.26. The van der Waals surface area contributed by atoms with Crippen LogP contribution in [0.15, 0.2) is 48.7 Å². The first-order chi connectivity index (χ1) is 19.9. The maximum absolute atomic E-state index is 13.6. The van der Waals surface area contributed by atoms with Crippen LogP contribution < -0.4 is 10.1 Å². The second-order valence-corrected chi connectivity index (χ2v) is 11.1. The number of hydrogen-bond acceptors (Lipinski definition) is 7. The van der Waals surface area contributed by atoms with Gasteiger partial charge in [-0.15, -0.1) is 5.10 Å². The van der Waals surface area contributed by atoms with Crippen molar-refractivity contribution >= 4 is 34.3 Å². The lowest BCUT2D eigenvalue weighted by atomic mass is 10.0. The lowest BCUT2D eigenvalue weighted by molar-refractivity contribution is 0.0411. The van der Waals surface area contributed by atoms with Crippen molar-refractivity contribution in [3.8, 4) is 17.0 Å². The van der Waals surface area contributed by atoms with E-state index in [1.165, 1.54) is 0 Å². The molecule has 4 aromatic rings. The largest absolute Gasteiger partial charge is 0.496 e. The molecule has 2 aromatic heterocycles. The Labute approximate surface area is 243 Å². The number of nitrogens with one attached hydrogen (secondary N) is 1. The summed E-state index contributed by atoms with van der Waals surface area (Å²) in [6.45, 7) is 3.88. The van der Waals surface area contributed by atoms with Gasteiger partial charge >= 0.3 is 0 Å². The highest BCUT2D eigenvalue weighted by Crippen LogP contribution is 2.34. The Morgan fingerprint density at radius 3 is 2.66 bits per heavy atom. The molecule has 1 saturated heterocycles. The van der Waals surface area contributed by atoms with E-state index in [1.54, 1.807) is 39.9 Å². The summed E-state index contributed by atoms with van der Waals surface area (Å²) in [4.78, 5) is 35.1. The van der Waals surface area contributed by atoms with Crippen molar-refractivity contribution in [2.75, 3.05) is 33.8 Å². The average molecular weight is 574 g/mol. The van der Waals surface area contributed by atoms with Gasteiger partial charge in [0.2, 0.25) is 0 Å². The van der Waals surface area contributed by atoms with Gasteiger partial charge in [-0.3, -0.25) is 9.59 Å². The lowest BCUT2D eigenvalue weighted by Gasteiger charge is -2.39. The molecule has 0 radical (unpaired) electrons. The Balaban J connectivity index is 1.20. The molecule has 2 aliphatic rings. The molecule has 6 rings (SSSR count). The van der Waals surface area contributed by atoms with E-state index in [9.17, 15) is 9.59 Å². The zero-order chi connectivity index (χ0) is 28.7. The summed E-state index contributed by atoms with van der Waals surface area (Å²) in [5.74, 6) is 0.545. The molecule has 41 heavy (non-hydrogen) atoms. The summed E-state index contributed by atoms with van der Waals surface area (Å²) in [5, 5.41) is 12.7. The average Bonchev–Trinajstić information content (AvgIpc) is 3.72. The van der Waals surface area contributed by atoms with E-state index in [2.05, 4.69) is 15.6 Å². The molecule has 1 saturated carbocycles. The number of pyridine rings is 1. The Hall–Kier alpha value is -4.02. The molecule has 2 fully saturated rings. The minimum atomic E-state index is -0.159. The summed E-state index contributed by atoms with van der Waals surface area (Å²) in [7, 11) is 3.54. The summed E-state index contributed by atoms with van der Waals surface area (Å²) >= 11 is 6.67. The Morgan fingerprint density at radius 1 is 1.10 bits per heavy atom. The van der Waals surface area contributed by atoms with Gasteiger partial charge in [0.1, 0.15) is 5.75 Å². The van der Waals surface area contributed by atoms with Crippen LogP contribution >= 0.6 is 11.6 Å². The van der Waals surface area contributed by atoms with E-state index >= 15 is 0 Å². The summed E-state index contributed by atoms with van der Waals surface area (Å²) in [5.41, 5.74) is 4.16. The van der Waals surface area contributed by atoms with Crippen LogP contribution in [0.3, 0.4) is 0 Å². The third-order valence-corrected chi connectivity index (χ3v) is 8.09. The van der Waals surface area contributed by atoms with Gasteiger partial charge in [-0.25, -0.2) is 9.67 Å². The van der Waals surface area contributed by atoms with E-state index in [0.29, 0.717) is 59.7 Å². The van der Waals surface area contributed by atoms with Crippen LogP contribution in [0.5, 0.6) is 5.75 Å². The van der Waals surface area contributed by atoms with Crippen molar-refractivity contribution in [2.45, 2.75) is 38.4 Å². The number of halogens is 1. The summed E-state index contributed by atoms with van der Waals surface area (Å²) in [6, 6.07) is 13.4. The summed E-state index contributed by atoms with van der Waals surface area (Å²) in [6.07, 6.45) is 3.88. The number of carbonyl (C=O) groups excluding carboxylic acids is 2. The fourth-order valence-electron chi connectivity index (χ4n) is 5.40. The van der Waals surface area contributed by atoms with Crippen molar-refractivity contribution in [1.82, 2.24) is 35.1 Å². The number of ether oxygens (including phenoxy) is 1. The van der Waals surface area contributed by atoms with Crippen molar-refractivity contribution in [3.05, 3.63) is 70.5 Å². The first-order valence-electron chi connectivity index (χ1n) is 13.8. The fourth-order valence-corrected chi connectivity index (χ4v) is 5.66. The maximum Gasteiger partial charge on any atom is 0.276 e. The highest BCUT2D eigenvalue weighted by molar-refractivity contribution is 6.35. The molecule has 0 unspecified atom stereocenters. The molecule has 0 spiro atoms. The molecule has 3 heterocycles. The molecule has 1 aliphatic heterocycles. The Bertz CT molecular complexity index is 1630. The molecule has 212 valence electrons. The number of nitrogens with zero attached hydrogens (tertiary/aromatic N) is 6. The number of hydrogen-bond donors (Lipinski definition) is 1. The number of carbonyl (C=O) groups is 2. The smallest absolute Gasteiger partial charge is 0.276 e. The minimum absolute atomic E-state index is 0.102. The van der Waals surface area contributed by atoms with E-state index in [0.717, 1.165) is 35.1 Å². The number of rotatable bonds is 7. The van der Waals surface area contributed by atoms with Crippen LogP contribution in [-0.4, -0.2) is 81.4 Å². The Kier molecular flexibility index (Phi) is 7.35. The molecular formula is C30H32ClN7O3. The molecule has 0 bridgehead atoms. The fraction of sp³-hybridized carbons (Fsp3) is 0.367. The van der Waals surface area contributed by atoms with Gasteiger partial charge in [-0.1, -0.05) is 22.9 Å². The zero-order valence-corrected chi connectivity index (χ0v) is 24.1. The monoisotopic (exact) mass is 573 g/mol. The van der Waals surface area contributed by atoms with Crippen molar-refractivity contribution < 1.29 is 14.3 Å². The topological polar surface area (TPSA) is 105 Å². The molecule has 1 atom stereocenters. The van der Waals surface area contributed by atoms with Gasteiger partial charge in [-0.2, -0.15) is 0 Å². The lowest BCUT2D eigenvalue weighted by Crippen LogP contribution is -2.55. The second kappa shape index (κ2) is 11.1. The molecular weight excluding hydrogens is 542 g/mol. The van der Waals surface area contributed by atoms with Gasteiger partial charge < -0.3 is 19.9 Å². The Morgan fingerprint density at radius 2 is 1.93 bits per heavy atom. The van der Waals surface area contributed by atoms with E-state index in [1.807, 2.05) is 44.3 Å². The van der Waals surface area contributed by atoms with E-state index < -0.39 is 0 Å². The first-order valence-corrected chi connectivity index (χ1v) is 14.2. The molecule has 2 amide bonds. The van der Waals surface area contributed by atoms with Crippen LogP contribution in [-0.2, 0) is 6.54 Å². The van der Waals surface area contributed by atoms with Crippen LogP contribution in [0.2, 0.25) is 5.02 Å². The molecule has 1 N–H and O–H groups in total. The highest BCUT2D eigenvalue weighted by Gasteiger charge is 2.33. The number of amides is 2. The van der Waals surface area contributed by atoms with E-state index in [4.69, 9.17) is 21.3 Å². The molecule has 11 heteroatoms. The number of methoxy groups -OCH3 is 1. The van der Waals surface area contributed by atoms with Gasteiger partial charge in [0, 0.05) is 54.3 Å². The van der Waals surface area contributed by atoms with Crippen molar-refractivity contribution in [3.63, 3.8) is 0 Å². The number of fused-ring (bicyclic) bond motifs is 1. The van der Waals surface area contributed by atoms with Crippen molar-refractivity contribution in [1.29, 1.82) is 0 Å². The van der Waals surface area contributed by atoms with Gasteiger partial charge in [0.05, 0.1) is 35.6 Å². The highest BCUT2D eigenvalue weighted by atomic mass is 35.5. The van der Waals surface area contributed by atoms with Gasteiger partial charge in [0.15, 0.2) is 5.69 Å². The molecule has 10 nitrogen and oxygen atoms in total. The maximum atomic E-state index is 13.6. The normalized spacial score (nSPS) is 17.2. The number of benzene rings is 2. The van der Waals surface area contributed by atoms with Crippen molar-refractivity contribution in [2.24, 2.45) is 0 Å². The quantitative estimate of drug-likeness (QED) is 0.353. The predicted octanol–water partition coefficient (Wildman–Crippen LogP) is 4.20. The number of piperazine rings is 1. The SMILES string of the molecule is CNCc1cc(-c2cc(Cl)c3ccc(C(=O)N4CCN(C(=O)c5cn(C6CC6)nn5)[C@H](C)C4)cc3n2)ccc1OC. The zero-order valence-electron chi connectivity index (χ0n) is 23.3. The molecule has 2 aromatic carbocycles.